The van der Waals surface area contributed by atoms with Crippen molar-refractivity contribution in [1.29, 1.82) is 0 Å². The highest BCUT2D eigenvalue weighted by molar-refractivity contribution is 7.89. The first-order chi connectivity index (χ1) is 18.2. The van der Waals surface area contributed by atoms with Gasteiger partial charge in [0.25, 0.3) is 0 Å². The van der Waals surface area contributed by atoms with Gasteiger partial charge in [-0.1, -0.05) is 54.1 Å². The molecule has 198 valence electrons. The maximum atomic E-state index is 14.4. The number of aryl methyl sites for hydroxylation is 2. The molecule has 10 heteroatoms. The van der Waals surface area contributed by atoms with E-state index in [9.17, 15) is 17.6 Å². The summed E-state index contributed by atoms with van der Waals surface area (Å²) in [6.45, 7) is 3.14. The molecule has 0 unspecified atom stereocenters. The molecule has 0 fully saturated rings. The molecule has 8 nitrogen and oxygen atoms in total. The molecule has 0 radical (unpaired) electrons. The third kappa shape index (κ3) is 6.16. The van der Waals surface area contributed by atoms with Crippen molar-refractivity contribution in [2.75, 3.05) is 32.1 Å². The van der Waals surface area contributed by atoms with Crippen LogP contribution in [0.3, 0.4) is 0 Å². The number of rotatable bonds is 10. The van der Waals surface area contributed by atoms with Crippen LogP contribution in [0.15, 0.2) is 83.9 Å². The molecule has 0 saturated carbocycles. The molecule has 3 aromatic carbocycles. The number of nitrogens with one attached hydrogen (secondary N) is 1. The lowest BCUT2D eigenvalue weighted by atomic mass is 10.2. The van der Waals surface area contributed by atoms with Crippen molar-refractivity contribution < 1.29 is 22.3 Å². The van der Waals surface area contributed by atoms with Crippen LogP contribution < -0.4 is 5.32 Å². The lowest BCUT2D eigenvalue weighted by molar-refractivity contribution is -0.116. The number of benzene rings is 3. The first-order valence-corrected chi connectivity index (χ1v) is 13.4. The molecule has 0 spiro atoms. The maximum absolute atomic E-state index is 14.4. The Balaban J connectivity index is 1.65. The maximum Gasteiger partial charge on any atom is 0.243 e. The summed E-state index contributed by atoms with van der Waals surface area (Å²) in [6, 6.07) is 20.5. The van der Waals surface area contributed by atoms with Crippen LogP contribution in [0, 0.1) is 19.7 Å². The number of hydrogen-bond donors (Lipinski definition) is 1. The van der Waals surface area contributed by atoms with E-state index in [1.165, 1.54) is 25.3 Å². The molecule has 0 aliphatic rings. The number of ether oxygens (including phenoxy) is 1. The summed E-state index contributed by atoms with van der Waals surface area (Å²) in [4.78, 5) is 17.8. The number of amides is 1. The lowest BCUT2D eigenvalue weighted by Gasteiger charge is -2.21. The second kappa shape index (κ2) is 11.7. The quantitative estimate of drug-likeness (QED) is 0.321. The second-order valence-electron chi connectivity index (χ2n) is 8.81. The van der Waals surface area contributed by atoms with E-state index in [0.29, 0.717) is 16.9 Å². The summed E-state index contributed by atoms with van der Waals surface area (Å²) in [6.07, 6.45) is 1.70. The second-order valence-corrected chi connectivity index (χ2v) is 10.7. The number of methoxy groups -OCH3 is 1. The number of hydrogen-bond acceptors (Lipinski definition) is 5. The van der Waals surface area contributed by atoms with Gasteiger partial charge < -0.3 is 4.74 Å². The van der Waals surface area contributed by atoms with Crippen LogP contribution in [0.25, 0.3) is 16.9 Å². The third-order valence-electron chi connectivity index (χ3n) is 5.98. The van der Waals surface area contributed by atoms with Crippen LogP contribution in [-0.2, 0) is 19.6 Å². The molecular weight excluding hydrogens is 507 g/mol. The van der Waals surface area contributed by atoms with E-state index in [0.717, 1.165) is 15.4 Å². The molecule has 0 saturated heterocycles. The number of aromatic nitrogens is 2. The molecule has 4 rings (SSSR count). The Morgan fingerprint density at radius 3 is 2.42 bits per heavy atom. The highest BCUT2D eigenvalue weighted by atomic mass is 32.2. The van der Waals surface area contributed by atoms with Gasteiger partial charge in [0.15, 0.2) is 0 Å². The van der Waals surface area contributed by atoms with Gasteiger partial charge in [-0.3, -0.25) is 14.7 Å². The van der Waals surface area contributed by atoms with Gasteiger partial charge in [0, 0.05) is 25.4 Å². The molecule has 4 aromatic rings. The normalized spacial score (nSPS) is 11.6. The summed E-state index contributed by atoms with van der Waals surface area (Å²) in [5, 5.41) is 2.72. The zero-order chi connectivity index (χ0) is 27.3. The van der Waals surface area contributed by atoms with Crippen molar-refractivity contribution in [2.24, 2.45) is 0 Å². The van der Waals surface area contributed by atoms with Crippen molar-refractivity contribution in [2.45, 2.75) is 18.7 Å². The molecular formula is C28H29FN4O4S. The van der Waals surface area contributed by atoms with E-state index in [2.05, 4.69) is 10.3 Å². The molecule has 1 N–H and O–H groups in total. The van der Waals surface area contributed by atoms with Gasteiger partial charge in [-0.15, -0.1) is 0 Å². The van der Waals surface area contributed by atoms with E-state index in [4.69, 9.17) is 4.74 Å². The molecule has 0 bridgehead atoms. The minimum atomic E-state index is -3.97. The molecule has 38 heavy (non-hydrogen) atoms. The SMILES string of the molecule is COCCN(CC(=O)Nc1nc(-c2ccccc2)cn1-c1ccc(C)c(F)c1)S(=O)(=O)c1ccc(C)cc1. The summed E-state index contributed by atoms with van der Waals surface area (Å²) >= 11 is 0. The largest absolute Gasteiger partial charge is 0.383 e. The summed E-state index contributed by atoms with van der Waals surface area (Å²) in [5.74, 6) is -0.864. The van der Waals surface area contributed by atoms with Crippen molar-refractivity contribution in [3.05, 3.63) is 95.9 Å². The lowest BCUT2D eigenvalue weighted by Crippen LogP contribution is -2.40. The first kappa shape index (κ1) is 27.2. The Bertz CT molecular complexity index is 1520. The minimum absolute atomic E-state index is 0.0208. The van der Waals surface area contributed by atoms with Crippen LogP contribution in [-0.4, -0.2) is 55.0 Å². The average molecular weight is 537 g/mol. The number of carbonyl (C=O) groups excluding carboxylic acids is 1. The number of sulfonamides is 1. The van der Waals surface area contributed by atoms with Gasteiger partial charge in [-0.25, -0.2) is 17.8 Å². The van der Waals surface area contributed by atoms with E-state index in [1.54, 1.807) is 42.0 Å². The van der Waals surface area contributed by atoms with Crippen LogP contribution >= 0.6 is 0 Å². The fourth-order valence-corrected chi connectivity index (χ4v) is 5.19. The average Bonchev–Trinajstić information content (AvgIpc) is 3.32. The van der Waals surface area contributed by atoms with Crippen molar-refractivity contribution >= 4 is 21.9 Å². The molecule has 0 aliphatic heterocycles. The Hall–Kier alpha value is -3.86. The van der Waals surface area contributed by atoms with Gasteiger partial charge >= 0.3 is 0 Å². The fourth-order valence-electron chi connectivity index (χ4n) is 3.81. The molecule has 0 aliphatic carbocycles. The number of carbonyl (C=O) groups is 1. The first-order valence-electron chi connectivity index (χ1n) is 12.0. The Morgan fingerprint density at radius 2 is 1.76 bits per heavy atom. The smallest absolute Gasteiger partial charge is 0.243 e. The van der Waals surface area contributed by atoms with E-state index in [-0.39, 0.29) is 24.0 Å². The van der Waals surface area contributed by atoms with Gasteiger partial charge in [0.05, 0.1) is 29.4 Å². The predicted molar refractivity (Wildman–Crippen MR) is 144 cm³/mol. The van der Waals surface area contributed by atoms with Crippen LogP contribution in [0.5, 0.6) is 0 Å². The number of imidazole rings is 1. The Kier molecular flexibility index (Phi) is 8.35. The summed E-state index contributed by atoms with van der Waals surface area (Å²) in [7, 11) is -2.51. The number of nitrogens with zero attached hydrogens (tertiary/aromatic N) is 3. The minimum Gasteiger partial charge on any atom is -0.383 e. The van der Waals surface area contributed by atoms with Crippen molar-refractivity contribution in [1.82, 2.24) is 13.9 Å². The summed E-state index contributed by atoms with van der Waals surface area (Å²) < 4.78 is 48.7. The summed E-state index contributed by atoms with van der Waals surface area (Å²) in [5.41, 5.74) is 3.22. The Morgan fingerprint density at radius 1 is 1.05 bits per heavy atom. The predicted octanol–water partition coefficient (Wildman–Crippen LogP) is 4.57. The number of anilines is 1. The highest BCUT2D eigenvalue weighted by Crippen LogP contribution is 2.25. The third-order valence-corrected chi connectivity index (χ3v) is 7.84. The Labute approximate surface area is 221 Å². The van der Waals surface area contributed by atoms with E-state index in [1.807, 2.05) is 37.3 Å². The zero-order valence-corrected chi connectivity index (χ0v) is 22.2. The molecule has 1 amide bonds. The zero-order valence-electron chi connectivity index (χ0n) is 21.4. The highest BCUT2D eigenvalue weighted by Gasteiger charge is 2.27. The van der Waals surface area contributed by atoms with Crippen LogP contribution in [0.1, 0.15) is 11.1 Å². The van der Waals surface area contributed by atoms with Gasteiger partial charge in [0.2, 0.25) is 21.9 Å². The standard InChI is InChI=1S/C28H29FN4O4S/c1-20-9-13-24(14-10-20)38(35,36)32(15-16-37-3)19-27(34)31-28-30-26(22-7-5-4-6-8-22)18-33(28)23-12-11-21(2)25(29)17-23/h4-14,17-18H,15-16,19H2,1-3H3,(H,30,31,34). The van der Waals surface area contributed by atoms with Crippen LogP contribution in [0.2, 0.25) is 0 Å². The molecule has 1 aromatic heterocycles. The topological polar surface area (TPSA) is 93.5 Å². The fraction of sp³-hybridized carbons (Fsp3) is 0.214. The van der Waals surface area contributed by atoms with Gasteiger partial charge in [-0.05, 0) is 43.7 Å². The van der Waals surface area contributed by atoms with Gasteiger partial charge in [-0.2, -0.15) is 4.31 Å². The van der Waals surface area contributed by atoms with Crippen molar-refractivity contribution in [3.8, 4) is 16.9 Å². The van der Waals surface area contributed by atoms with E-state index >= 15 is 0 Å². The molecule has 1 heterocycles. The molecule has 0 atom stereocenters. The van der Waals surface area contributed by atoms with Gasteiger partial charge in [0.1, 0.15) is 5.82 Å². The van der Waals surface area contributed by atoms with Crippen LogP contribution in [0.4, 0.5) is 10.3 Å². The van der Waals surface area contributed by atoms with Crippen molar-refractivity contribution in [3.63, 3.8) is 0 Å². The number of halogens is 1. The monoisotopic (exact) mass is 536 g/mol. The van der Waals surface area contributed by atoms with E-state index < -0.39 is 28.3 Å².